The minimum atomic E-state index is -0.606. The predicted octanol–water partition coefficient (Wildman–Crippen LogP) is 5.14. The molecule has 4 rings (SSSR count). The van der Waals surface area contributed by atoms with Gasteiger partial charge in [0.15, 0.2) is 0 Å². The maximum atomic E-state index is 12.5. The first-order valence-corrected chi connectivity index (χ1v) is 10.5. The lowest BCUT2D eigenvalue weighted by molar-refractivity contribution is 0.102. The van der Waals surface area contributed by atoms with Crippen molar-refractivity contribution in [2.24, 2.45) is 0 Å². The average molecular weight is 470 g/mol. The van der Waals surface area contributed by atoms with Crippen molar-refractivity contribution in [3.05, 3.63) is 101 Å². The summed E-state index contributed by atoms with van der Waals surface area (Å²) in [6.07, 6.45) is 1.37. The van der Waals surface area contributed by atoms with Gasteiger partial charge in [0.2, 0.25) is 0 Å². The van der Waals surface area contributed by atoms with Gasteiger partial charge in [-0.3, -0.25) is 4.79 Å². The smallest absolute Gasteiger partial charge is 0.255 e. The largest absolute Gasteiger partial charge is 0.389 e. The lowest BCUT2D eigenvalue weighted by Gasteiger charge is -2.26. The van der Waals surface area contributed by atoms with Gasteiger partial charge in [-0.25, -0.2) is 0 Å². The fraction of sp³-hybridized carbons (Fsp3) is 0.160. The molecule has 0 aliphatic carbocycles. The molecule has 0 aliphatic heterocycles. The molecule has 0 spiro atoms. The first-order valence-electron chi connectivity index (χ1n) is 10.1. The predicted molar refractivity (Wildman–Crippen MR) is 133 cm³/mol. The molecule has 32 heavy (non-hydrogen) atoms. The molecule has 0 fully saturated rings. The molecule has 0 bridgehead atoms. The minimum Gasteiger partial charge on any atom is -0.389 e. The van der Waals surface area contributed by atoms with Crippen LogP contribution in [-0.4, -0.2) is 35.3 Å². The molecular weight excluding hydrogens is 445 g/mol. The number of hydrogen-bond acceptors (Lipinski definition) is 3. The van der Waals surface area contributed by atoms with E-state index in [1.165, 1.54) is 0 Å². The van der Waals surface area contributed by atoms with Gasteiger partial charge in [0.25, 0.3) is 5.91 Å². The zero-order valence-electron chi connectivity index (χ0n) is 17.5. The second-order valence-electron chi connectivity index (χ2n) is 7.44. The molecule has 5 nitrogen and oxygen atoms in total. The maximum Gasteiger partial charge on any atom is 0.255 e. The summed E-state index contributed by atoms with van der Waals surface area (Å²) in [5.74, 6) is -0.215. The summed E-state index contributed by atoms with van der Waals surface area (Å²) < 4.78 is 2.08. The van der Waals surface area contributed by atoms with Crippen molar-refractivity contribution in [3.8, 4) is 0 Å². The van der Waals surface area contributed by atoms with E-state index in [4.69, 9.17) is 11.6 Å². The lowest BCUT2D eigenvalue weighted by atomic mass is 10.0. The molecule has 0 saturated carbocycles. The molecule has 1 heterocycles. The van der Waals surface area contributed by atoms with E-state index in [0.29, 0.717) is 22.8 Å². The second kappa shape index (κ2) is 10.7. The van der Waals surface area contributed by atoms with Gasteiger partial charge in [-0.05, 0) is 55.1 Å². The summed E-state index contributed by atoms with van der Waals surface area (Å²) in [6, 6.07) is 24.3. The van der Waals surface area contributed by atoms with Crippen molar-refractivity contribution in [1.29, 1.82) is 0 Å². The Morgan fingerprint density at radius 2 is 1.81 bits per heavy atom. The summed E-state index contributed by atoms with van der Waals surface area (Å²) >= 11 is 5.99. The number of fused-ring (bicyclic) bond motifs is 1. The highest BCUT2D eigenvalue weighted by Crippen LogP contribution is 2.29. The zero-order valence-corrected chi connectivity index (χ0v) is 19.1. The Morgan fingerprint density at radius 3 is 2.53 bits per heavy atom. The number of hydrogen-bond donors (Lipinski definition) is 3. The van der Waals surface area contributed by atoms with Crippen molar-refractivity contribution in [2.45, 2.75) is 12.1 Å². The van der Waals surface area contributed by atoms with E-state index in [0.717, 1.165) is 16.5 Å². The highest BCUT2D eigenvalue weighted by Gasteiger charge is 2.23. The first kappa shape index (κ1) is 23.8. The lowest BCUT2D eigenvalue weighted by Crippen LogP contribution is -2.33. The van der Waals surface area contributed by atoms with Crippen molar-refractivity contribution < 1.29 is 9.90 Å². The van der Waals surface area contributed by atoms with Crippen molar-refractivity contribution in [2.75, 3.05) is 18.9 Å². The van der Waals surface area contributed by atoms with Gasteiger partial charge in [0.1, 0.15) is 0 Å². The van der Waals surface area contributed by atoms with Crippen molar-refractivity contribution in [3.63, 3.8) is 0 Å². The van der Waals surface area contributed by atoms with Crippen LogP contribution in [0.25, 0.3) is 10.9 Å². The zero-order chi connectivity index (χ0) is 21.8. The Bertz CT molecular complexity index is 1190. The fourth-order valence-corrected chi connectivity index (χ4v) is 4.05. The Kier molecular flexibility index (Phi) is 7.94. The number of nitrogens with one attached hydrogen (secondary N) is 2. The number of aliphatic hydroxyl groups excluding tert-OH is 1. The van der Waals surface area contributed by atoms with Gasteiger partial charge in [-0.1, -0.05) is 48.0 Å². The molecule has 4 aromatic rings. The first-order chi connectivity index (χ1) is 15.1. The Hall–Kier alpha value is -2.83. The van der Waals surface area contributed by atoms with Crippen molar-refractivity contribution in [1.82, 2.24) is 9.88 Å². The highest BCUT2D eigenvalue weighted by molar-refractivity contribution is 6.31. The third kappa shape index (κ3) is 5.14. The van der Waals surface area contributed by atoms with Gasteiger partial charge in [0.05, 0.1) is 12.1 Å². The Labute approximate surface area is 198 Å². The van der Waals surface area contributed by atoms with Gasteiger partial charge in [0, 0.05) is 39.9 Å². The summed E-state index contributed by atoms with van der Waals surface area (Å²) in [5, 5.41) is 18.3. The van der Waals surface area contributed by atoms with Crippen LogP contribution in [0.3, 0.4) is 0 Å². The number of carbonyl (C=O) groups excluding carboxylic acids is 1. The molecule has 0 aliphatic rings. The topological polar surface area (TPSA) is 66.3 Å². The standard InChI is InChI=1S/C25H24ClN3O2.ClH/c1-27-16-23(30)24(17-6-3-2-4-7-17)29-13-12-18-15-21(10-11-22(18)29)28-25(31)19-8-5-9-20(26)14-19;/h2-15,23-24,27,30H,16H2,1H3,(H,28,31);1H/t23-,24-;/m0./s1. The van der Waals surface area contributed by atoms with E-state index in [9.17, 15) is 9.90 Å². The summed E-state index contributed by atoms with van der Waals surface area (Å²) in [7, 11) is 1.83. The number of amides is 1. The summed E-state index contributed by atoms with van der Waals surface area (Å²) in [5.41, 5.74) is 3.21. The number of aromatic nitrogens is 1. The third-order valence-electron chi connectivity index (χ3n) is 5.28. The molecular formula is C25H25Cl2N3O2. The number of aliphatic hydroxyl groups is 1. The van der Waals surface area contributed by atoms with Crippen LogP contribution in [0.15, 0.2) is 85.1 Å². The number of rotatable bonds is 7. The van der Waals surface area contributed by atoms with Crippen LogP contribution in [0.4, 0.5) is 5.69 Å². The highest BCUT2D eigenvalue weighted by atomic mass is 35.5. The van der Waals surface area contributed by atoms with E-state index >= 15 is 0 Å². The molecule has 1 aromatic heterocycles. The van der Waals surface area contributed by atoms with Crippen LogP contribution < -0.4 is 10.6 Å². The van der Waals surface area contributed by atoms with Crippen LogP contribution in [0, 0.1) is 0 Å². The SMILES string of the molecule is CNC[C@H](O)[C@H](c1ccccc1)n1ccc2cc(NC(=O)c3cccc(Cl)c3)ccc21.Cl. The van der Waals surface area contributed by atoms with Crippen LogP contribution in [0.1, 0.15) is 22.0 Å². The summed E-state index contributed by atoms with van der Waals surface area (Å²) in [4.78, 5) is 12.5. The summed E-state index contributed by atoms with van der Waals surface area (Å²) in [6.45, 7) is 0.465. The van der Waals surface area contributed by atoms with Crippen LogP contribution >= 0.6 is 24.0 Å². The molecule has 0 radical (unpaired) electrons. The van der Waals surface area contributed by atoms with Gasteiger partial charge < -0.3 is 20.3 Å². The number of benzene rings is 3. The number of anilines is 1. The monoisotopic (exact) mass is 469 g/mol. The van der Waals surface area contributed by atoms with Gasteiger partial charge in [-0.2, -0.15) is 0 Å². The molecule has 7 heteroatoms. The number of halogens is 2. The van der Waals surface area contributed by atoms with E-state index < -0.39 is 6.10 Å². The molecule has 1 amide bonds. The third-order valence-corrected chi connectivity index (χ3v) is 5.52. The van der Waals surface area contributed by atoms with E-state index in [-0.39, 0.29) is 24.4 Å². The fourth-order valence-electron chi connectivity index (χ4n) is 3.86. The van der Waals surface area contributed by atoms with Crippen LogP contribution in [-0.2, 0) is 0 Å². The molecule has 0 unspecified atom stereocenters. The molecule has 2 atom stereocenters. The van der Waals surface area contributed by atoms with E-state index in [1.807, 2.05) is 67.8 Å². The molecule has 166 valence electrons. The van der Waals surface area contributed by atoms with E-state index in [2.05, 4.69) is 15.2 Å². The Morgan fingerprint density at radius 1 is 1.03 bits per heavy atom. The number of carbonyl (C=O) groups is 1. The average Bonchev–Trinajstić information content (AvgIpc) is 3.18. The number of likely N-dealkylation sites (N-methyl/N-ethyl adjacent to an activating group) is 1. The number of nitrogens with zero attached hydrogens (tertiary/aromatic N) is 1. The quantitative estimate of drug-likeness (QED) is 0.351. The normalized spacial score (nSPS) is 12.7. The van der Waals surface area contributed by atoms with Crippen molar-refractivity contribution >= 4 is 46.5 Å². The van der Waals surface area contributed by atoms with E-state index in [1.54, 1.807) is 24.3 Å². The minimum absolute atomic E-state index is 0. The van der Waals surface area contributed by atoms with Gasteiger partial charge >= 0.3 is 0 Å². The Balaban J connectivity index is 0.00000289. The van der Waals surface area contributed by atoms with Gasteiger partial charge in [-0.15, -0.1) is 12.4 Å². The molecule has 3 aromatic carbocycles. The van der Waals surface area contributed by atoms with Crippen LogP contribution in [0.5, 0.6) is 0 Å². The molecule has 0 saturated heterocycles. The molecule has 3 N–H and O–H groups in total. The maximum absolute atomic E-state index is 12.5. The second-order valence-corrected chi connectivity index (χ2v) is 7.88. The van der Waals surface area contributed by atoms with Crippen LogP contribution in [0.2, 0.25) is 5.02 Å².